The van der Waals surface area contributed by atoms with E-state index in [0.717, 1.165) is 25.7 Å². The molecule has 0 bridgehead atoms. The van der Waals surface area contributed by atoms with E-state index in [1.165, 1.54) is 5.56 Å². The highest BCUT2D eigenvalue weighted by molar-refractivity contribution is 6.35. The van der Waals surface area contributed by atoms with Crippen LogP contribution in [0.15, 0.2) is 24.3 Å². The second-order valence-electron chi connectivity index (χ2n) is 6.12. The van der Waals surface area contributed by atoms with Gasteiger partial charge >= 0.3 is 11.8 Å². The molecule has 3 N–H and O–H groups in total. The SMILES string of the molecule is CCCc1ccc(C(=O)CCC(=O)NNC(=O)C(=O)NC2CC2)cc1. The van der Waals surface area contributed by atoms with E-state index in [4.69, 9.17) is 0 Å². The fraction of sp³-hybridized carbons (Fsp3) is 0.444. The number of rotatable bonds is 7. The van der Waals surface area contributed by atoms with Crippen LogP contribution in [0, 0.1) is 0 Å². The number of ketones is 1. The topological polar surface area (TPSA) is 104 Å². The lowest BCUT2D eigenvalue weighted by atomic mass is 10.0. The van der Waals surface area contributed by atoms with Gasteiger partial charge in [-0.25, -0.2) is 0 Å². The number of hydrazine groups is 1. The van der Waals surface area contributed by atoms with Gasteiger partial charge in [0.2, 0.25) is 5.91 Å². The highest BCUT2D eigenvalue weighted by atomic mass is 16.2. The number of carbonyl (C=O) groups is 4. The molecule has 134 valence electrons. The van der Waals surface area contributed by atoms with Gasteiger partial charge in [0.15, 0.2) is 5.78 Å². The lowest BCUT2D eigenvalue weighted by molar-refractivity contribution is -0.141. The van der Waals surface area contributed by atoms with E-state index in [2.05, 4.69) is 17.7 Å². The molecule has 25 heavy (non-hydrogen) atoms. The molecular weight excluding hydrogens is 322 g/mol. The molecule has 1 aromatic carbocycles. The van der Waals surface area contributed by atoms with E-state index in [9.17, 15) is 19.2 Å². The molecule has 0 radical (unpaired) electrons. The number of benzene rings is 1. The van der Waals surface area contributed by atoms with Gasteiger partial charge in [-0.1, -0.05) is 37.6 Å². The number of amides is 3. The van der Waals surface area contributed by atoms with Crippen molar-refractivity contribution in [3.8, 4) is 0 Å². The predicted octanol–water partition coefficient (Wildman–Crippen LogP) is 1.03. The van der Waals surface area contributed by atoms with Gasteiger partial charge in [-0.2, -0.15) is 0 Å². The van der Waals surface area contributed by atoms with Crippen molar-refractivity contribution in [2.24, 2.45) is 0 Å². The van der Waals surface area contributed by atoms with Gasteiger partial charge in [-0.3, -0.25) is 30.0 Å². The van der Waals surface area contributed by atoms with Crippen molar-refractivity contribution in [3.05, 3.63) is 35.4 Å². The van der Waals surface area contributed by atoms with Crippen LogP contribution in [0.1, 0.15) is 54.9 Å². The maximum absolute atomic E-state index is 12.1. The number of hydrogen-bond donors (Lipinski definition) is 3. The third kappa shape index (κ3) is 6.37. The molecule has 7 nitrogen and oxygen atoms in total. The Labute approximate surface area is 146 Å². The molecule has 1 fully saturated rings. The summed E-state index contributed by atoms with van der Waals surface area (Å²) < 4.78 is 0. The minimum atomic E-state index is -0.918. The first kappa shape index (κ1) is 18.6. The number of nitrogens with one attached hydrogen (secondary N) is 3. The van der Waals surface area contributed by atoms with Crippen LogP contribution in [0.25, 0.3) is 0 Å². The Morgan fingerprint density at radius 3 is 2.24 bits per heavy atom. The average molecular weight is 345 g/mol. The maximum atomic E-state index is 12.1. The third-order valence-corrected chi connectivity index (χ3v) is 3.83. The van der Waals surface area contributed by atoms with Crippen LogP contribution in [-0.2, 0) is 20.8 Å². The molecule has 0 heterocycles. The Bertz CT molecular complexity index is 651. The normalized spacial score (nSPS) is 13.0. The van der Waals surface area contributed by atoms with E-state index in [1.807, 2.05) is 17.6 Å². The minimum Gasteiger partial charge on any atom is -0.345 e. The fourth-order valence-electron chi connectivity index (χ4n) is 2.24. The van der Waals surface area contributed by atoms with Gasteiger partial charge in [0, 0.05) is 24.4 Å². The molecule has 2 rings (SSSR count). The van der Waals surface area contributed by atoms with Crippen LogP contribution in [0.2, 0.25) is 0 Å². The van der Waals surface area contributed by atoms with E-state index in [0.29, 0.717) is 5.56 Å². The molecule has 0 aromatic heterocycles. The molecule has 0 atom stereocenters. The van der Waals surface area contributed by atoms with Crippen molar-refractivity contribution in [3.63, 3.8) is 0 Å². The standard InChI is InChI=1S/C18H23N3O4/c1-2-3-12-4-6-13(7-5-12)15(22)10-11-16(23)20-21-18(25)17(24)19-14-8-9-14/h4-7,14H,2-3,8-11H2,1H3,(H,19,24)(H,20,23)(H,21,25). The second-order valence-corrected chi connectivity index (χ2v) is 6.12. The quantitative estimate of drug-likeness (QED) is 0.390. The third-order valence-electron chi connectivity index (χ3n) is 3.83. The summed E-state index contributed by atoms with van der Waals surface area (Å²) in [5, 5.41) is 2.51. The Morgan fingerprint density at radius 1 is 0.960 bits per heavy atom. The number of aryl methyl sites for hydroxylation is 1. The van der Waals surface area contributed by atoms with Gasteiger partial charge in [0.25, 0.3) is 0 Å². The molecule has 1 aliphatic carbocycles. The highest BCUT2D eigenvalue weighted by Gasteiger charge is 2.26. The maximum Gasteiger partial charge on any atom is 0.327 e. The molecule has 1 aromatic rings. The Hall–Kier alpha value is -2.70. The summed E-state index contributed by atoms with van der Waals surface area (Å²) in [6, 6.07) is 7.41. The van der Waals surface area contributed by atoms with Crippen LogP contribution in [0.3, 0.4) is 0 Å². The van der Waals surface area contributed by atoms with Crippen molar-refractivity contribution in [2.75, 3.05) is 0 Å². The zero-order chi connectivity index (χ0) is 18.2. The highest BCUT2D eigenvalue weighted by Crippen LogP contribution is 2.18. The zero-order valence-electron chi connectivity index (χ0n) is 14.3. The summed E-state index contributed by atoms with van der Waals surface area (Å²) in [6.07, 6.45) is 3.70. The van der Waals surface area contributed by atoms with Crippen molar-refractivity contribution >= 4 is 23.5 Å². The summed E-state index contributed by atoms with van der Waals surface area (Å²) in [4.78, 5) is 46.6. The van der Waals surface area contributed by atoms with E-state index in [-0.39, 0.29) is 24.7 Å². The van der Waals surface area contributed by atoms with Crippen LogP contribution in [0.4, 0.5) is 0 Å². The van der Waals surface area contributed by atoms with E-state index in [1.54, 1.807) is 12.1 Å². The van der Waals surface area contributed by atoms with Crippen LogP contribution >= 0.6 is 0 Å². The average Bonchev–Trinajstić information content (AvgIpc) is 3.42. The first-order valence-electron chi connectivity index (χ1n) is 8.51. The van der Waals surface area contributed by atoms with Crippen molar-refractivity contribution in [1.82, 2.24) is 16.2 Å². The predicted molar refractivity (Wildman–Crippen MR) is 91.5 cm³/mol. The molecule has 3 amide bonds. The van der Waals surface area contributed by atoms with Crippen molar-refractivity contribution in [1.29, 1.82) is 0 Å². The summed E-state index contributed by atoms with van der Waals surface area (Å²) in [5.74, 6) is -2.36. The number of carbonyl (C=O) groups excluding carboxylic acids is 4. The minimum absolute atomic E-state index is 0.0309. The van der Waals surface area contributed by atoms with Crippen LogP contribution in [-0.4, -0.2) is 29.5 Å². The van der Waals surface area contributed by atoms with E-state index >= 15 is 0 Å². The molecule has 0 unspecified atom stereocenters. The van der Waals surface area contributed by atoms with Gasteiger partial charge in [-0.05, 0) is 24.8 Å². The molecular formula is C18H23N3O4. The molecule has 7 heteroatoms. The molecule has 1 aliphatic rings. The first-order valence-corrected chi connectivity index (χ1v) is 8.51. The van der Waals surface area contributed by atoms with Crippen LogP contribution < -0.4 is 16.2 Å². The smallest absolute Gasteiger partial charge is 0.327 e. The zero-order valence-corrected chi connectivity index (χ0v) is 14.3. The van der Waals surface area contributed by atoms with Gasteiger partial charge in [0.1, 0.15) is 0 Å². The lowest BCUT2D eigenvalue weighted by Crippen LogP contribution is -2.49. The molecule has 0 spiro atoms. The Morgan fingerprint density at radius 2 is 1.64 bits per heavy atom. The van der Waals surface area contributed by atoms with Crippen molar-refractivity contribution < 1.29 is 19.2 Å². The van der Waals surface area contributed by atoms with Gasteiger partial charge in [-0.15, -0.1) is 0 Å². The molecule has 0 saturated heterocycles. The van der Waals surface area contributed by atoms with Crippen LogP contribution in [0.5, 0.6) is 0 Å². The number of hydrogen-bond acceptors (Lipinski definition) is 4. The Balaban J connectivity index is 1.68. The molecule has 0 aliphatic heterocycles. The lowest BCUT2D eigenvalue weighted by Gasteiger charge is -2.07. The second kappa shape index (κ2) is 8.96. The first-order chi connectivity index (χ1) is 12.0. The summed E-state index contributed by atoms with van der Waals surface area (Å²) >= 11 is 0. The monoisotopic (exact) mass is 345 g/mol. The number of Topliss-reactive ketones (excluding diaryl/α,β-unsaturated/α-hetero) is 1. The van der Waals surface area contributed by atoms with E-state index < -0.39 is 17.7 Å². The summed E-state index contributed by atoms with van der Waals surface area (Å²) in [5.41, 5.74) is 5.90. The Kier molecular flexibility index (Phi) is 6.68. The van der Waals surface area contributed by atoms with Gasteiger partial charge < -0.3 is 5.32 Å². The largest absolute Gasteiger partial charge is 0.345 e. The summed E-state index contributed by atoms with van der Waals surface area (Å²) in [7, 11) is 0. The van der Waals surface area contributed by atoms with Crippen molar-refractivity contribution in [2.45, 2.75) is 51.5 Å². The summed E-state index contributed by atoms with van der Waals surface area (Å²) in [6.45, 7) is 2.09. The fourth-order valence-corrected chi connectivity index (χ4v) is 2.24. The van der Waals surface area contributed by atoms with Gasteiger partial charge in [0.05, 0.1) is 0 Å². The molecule has 1 saturated carbocycles.